The highest BCUT2D eigenvalue weighted by atomic mass is 16.1. The normalized spacial score (nSPS) is 17.9. The van der Waals surface area contributed by atoms with Crippen molar-refractivity contribution in [3.63, 3.8) is 0 Å². The van der Waals surface area contributed by atoms with Gasteiger partial charge in [0.2, 0.25) is 0 Å². The topological polar surface area (TPSA) is 78.7 Å². The minimum Gasteiger partial charge on any atom is -0.364 e. The van der Waals surface area contributed by atoms with Crippen LogP contribution in [0.3, 0.4) is 0 Å². The van der Waals surface area contributed by atoms with Gasteiger partial charge in [0.15, 0.2) is 0 Å². The second kappa shape index (κ2) is 4.59. The molecule has 0 atom stereocenters. The van der Waals surface area contributed by atoms with Crippen LogP contribution in [0.5, 0.6) is 0 Å². The quantitative estimate of drug-likeness (QED) is 0.802. The minimum atomic E-state index is -0.402. The fourth-order valence-corrected chi connectivity index (χ4v) is 3.88. The van der Waals surface area contributed by atoms with Crippen LogP contribution in [0.15, 0.2) is 6.07 Å². The van der Waals surface area contributed by atoms with Crippen LogP contribution in [-0.2, 0) is 13.6 Å². The van der Waals surface area contributed by atoms with Gasteiger partial charge in [-0.2, -0.15) is 0 Å². The number of primary amides is 1. The van der Waals surface area contributed by atoms with Gasteiger partial charge in [0.1, 0.15) is 22.7 Å². The summed E-state index contributed by atoms with van der Waals surface area (Å²) in [6.45, 7) is 2.70. The monoisotopic (exact) mass is 323 g/mol. The highest BCUT2D eigenvalue weighted by Crippen LogP contribution is 2.46. The molecule has 1 amide bonds. The number of pyridine rings is 1. The number of hydrogen-bond donors (Lipinski definition) is 1. The molecule has 3 heterocycles. The smallest absolute Gasteiger partial charge is 0.265 e. The van der Waals surface area contributed by atoms with Gasteiger partial charge in [-0.05, 0) is 38.7 Å². The Hall–Kier alpha value is -2.37. The number of aryl methyl sites for hydroxylation is 2. The second-order valence-corrected chi connectivity index (χ2v) is 7.15. The molecule has 124 valence electrons. The molecule has 0 aromatic carbocycles. The van der Waals surface area contributed by atoms with Gasteiger partial charge >= 0.3 is 0 Å². The van der Waals surface area contributed by atoms with Crippen LogP contribution in [0.4, 0.5) is 0 Å². The number of fused-ring (bicyclic) bond motifs is 3. The molecule has 2 aliphatic carbocycles. The molecular formula is C18H21N5O. The Morgan fingerprint density at radius 2 is 1.96 bits per heavy atom. The fourth-order valence-electron chi connectivity index (χ4n) is 3.88. The number of carbonyl (C=O) groups excluding carboxylic acids is 1. The number of aromatic nitrogens is 4. The molecule has 2 N–H and O–H groups in total. The lowest BCUT2D eigenvalue weighted by Crippen LogP contribution is -2.16. The molecular weight excluding hydrogens is 302 g/mol. The van der Waals surface area contributed by atoms with Crippen molar-refractivity contribution < 1.29 is 4.79 Å². The van der Waals surface area contributed by atoms with Crippen molar-refractivity contribution in [2.75, 3.05) is 0 Å². The third kappa shape index (κ3) is 1.79. The number of imidazole rings is 1. The average Bonchev–Trinajstić information content (AvgIpc) is 3.47. The highest BCUT2D eigenvalue weighted by Gasteiger charge is 2.34. The first-order valence-electron chi connectivity index (χ1n) is 8.79. The zero-order valence-electron chi connectivity index (χ0n) is 14.0. The van der Waals surface area contributed by atoms with Gasteiger partial charge in [-0.1, -0.05) is 0 Å². The number of carbonyl (C=O) groups is 1. The van der Waals surface area contributed by atoms with E-state index in [-0.39, 0.29) is 0 Å². The molecule has 3 aromatic rings. The lowest BCUT2D eigenvalue weighted by Gasteiger charge is -2.07. The zero-order chi connectivity index (χ0) is 16.6. The van der Waals surface area contributed by atoms with Gasteiger partial charge in [0, 0.05) is 30.8 Å². The van der Waals surface area contributed by atoms with Crippen LogP contribution in [-0.4, -0.2) is 25.0 Å². The lowest BCUT2D eigenvalue weighted by atomic mass is 10.2. The van der Waals surface area contributed by atoms with Crippen LogP contribution < -0.4 is 5.73 Å². The second-order valence-electron chi connectivity index (χ2n) is 7.15. The van der Waals surface area contributed by atoms with Crippen molar-refractivity contribution in [2.45, 2.75) is 51.0 Å². The largest absolute Gasteiger partial charge is 0.364 e. The first-order valence-corrected chi connectivity index (χ1v) is 8.79. The Kier molecular flexibility index (Phi) is 2.68. The predicted octanol–water partition coefficient (Wildman–Crippen LogP) is 2.80. The van der Waals surface area contributed by atoms with Crippen LogP contribution in [0, 0.1) is 0 Å². The maximum absolute atomic E-state index is 11.9. The molecule has 2 aliphatic rings. The van der Waals surface area contributed by atoms with E-state index in [1.54, 1.807) is 0 Å². The number of amides is 1. The van der Waals surface area contributed by atoms with Crippen molar-refractivity contribution in [1.29, 1.82) is 0 Å². The molecule has 0 aliphatic heterocycles. The molecule has 2 saturated carbocycles. The van der Waals surface area contributed by atoms with Gasteiger partial charge in [0.05, 0.1) is 11.2 Å². The van der Waals surface area contributed by atoms with Gasteiger partial charge in [-0.25, -0.2) is 9.97 Å². The Morgan fingerprint density at radius 1 is 1.25 bits per heavy atom. The summed E-state index contributed by atoms with van der Waals surface area (Å²) >= 11 is 0. The maximum Gasteiger partial charge on any atom is 0.265 e. The van der Waals surface area contributed by atoms with Gasteiger partial charge in [-0.3, -0.25) is 4.79 Å². The first kappa shape index (κ1) is 14.0. The number of hydrogen-bond acceptors (Lipinski definition) is 3. The van der Waals surface area contributed by atoms with Crippen LogP contribution in [0.2, 0.25) is 0 Å². The highest BCUT2D eigenvalue weighted by molar-refractivity contribution is 6.07. The molecule has 0 saturated heterocycles. The van der Waals surface area contributed by atoms with Gasteiger partial charge < -0.3 is 14.9 Å². The Morgan fingerprint density at radius 3 is 2.54 bits per heavy atom. The summed E-state index contributed by atoms with van der Waals surface area (Å²) in [4.78, 5) is 21.8. The molecule has 3 aromatic heterocycles. The summed E-state index contributed by atoms with van der Waals surface area (Å²) in [5, 5.41) is 0.993. The summed E-state index contributed by atoms with van der Waals surface area (Å²) in [6, 6.07) is 1.89. The first-order chi connectivity index (χ1) is 11.6. The van der Waals surface area contributed by atoms with Crippen molar-refractivity contribution in [3.05, 3.63) is 23.3 Å². The number of nitrogens with zero attached hydrogens (tertiary/aromatic N) is 4. The van der Waals surface area contributed by atoms with E-state index in [2.05, 4.69) is 11.6 Å². The van der Waals surface area contributed by atoms with Crippen molar-refractivity contribution in [2.24, 2.45) is 12.8 Å². The molecule has 6 heteroatoms. The SMILES string of the molecule is CCn1c(C(N)=O)cc2c3c(nc(C4CC4)n3C)c(C3CC3)nc21. The van der Waals surface area contributed by atoms with Gasteiger partial charge in [-0.15, -0.1) is 0 Å². The lowest BCUT2D eigenvalue weighted by molar-refractivity contribution is 0.0992. The van der Waals surface area contributed by atoms with E-state index in [4.69, 9.17) is 15.7 Å². The number of rotatable bonds is 4. The molecule has 0 spiro atoms. The summed E-state index contributed by atoms with van der Waals surface area (Å²) in [5.74, 6) is 1.84. The van der Waals surface area contributed by atoms with Crippen molar-refractivity contribution in [3.8, 4) is 0 Å². The summed E-state index contributed by atoms with van der Waals surface area (Å²) in [6.07, 6.45) is 4.79. The molecule has 0 unspecified atom stereocenters. The zero-order valence-corrected chi connectivity index (χ0v) is 14.0. The summed E-state index contributed by atoms with van der Waals surface area (Å²) < 4.78 is 4.15. The summed E-state index contributed by atoms with van der Waals surface area (Å²) in [7, 11) is 2.09. The third-order valence-electron chi connectivity index (χ3n) is 5.40. The van der Waals surface area contributed by atoms with Crippen LogP contribution in [0.25, 0.3) is 22.1 Å². The van der Waals surface area contributed by atoms with E-state index in [1.165, 1.54) is 25.7 Å². The van der Waals surface area contributed by atoms with Crippen LogP contribution in [0.1, 0.15) is 66.4 Å². The summed E-state index contributed by atoms with van der Waals surface area (Å²) in [5.41, 5.74) is 10.2. The fraction of sp³-hybridized carbons (Fsp3) is 0.500. The van der Waals surface area contributed by atoms with E-state index < -0.39 is 5.91 Å². The van der Waals surface area contributed by atoms with E-state index in [0.29, 0.717) is 24.1 Å². The minimum absolute atomic E-state index is 0.402. The van der Waals surface area contributed by atoms with E-state index >= 15 is 0 Å². The number of nitrogens with two attached hydrogens (primary N) is 1. The standard InChI is InChI=1S/C18H21N5O/c1-3-23-12(16(19)24)8-11-15-14(13(9-4-5-9)20-18(11)23)21-17(22(15)2)10-6-7-10/h8-10H,3-7H2,1-2H3,(H2,19,24). The van der Waals surface area contributed by atoms with Crippen molar-refractivity contribution in [1.82, 2.24) is 19.1 Å². The van der Waals surface area contributed by atoms with E-state index in [1.807, 2.05) is 17.6 Å². The third-order valence-corrected chi connectivity index (χ3v) is 5.40. The van der Waals surface area contributed by atoms with E-state index in [9.17, 15) is 4.79 Å². The predicted molar refractivity (Wildman–Crippen MR) is 92.1 cm³/mol. The Bertz CT molecular complexity index is 1000. The Balaban J connectivity index is 1.93. The molecule has 0 radical (unpaired) electrons. The van der Waals surface area contributed by atoms with Crippen molar-refractivity contribution >= 4 is 28.0 Å². The Labute approximate surface area is 139 Å². The molecule has 5 rings (SSSR count). The molecule has 0 bridgehead atoms. The molecule has 24 heavy (non-hydrogen) atoms. The van der Waals surface area contributed by atoms with Crippen LogP contribution >= 0.6 is 0 Å². The average molecular weight is 323 g/mol. The maximum atomic E-state index is 11.9. The van der Waals surface area contributed by atoms with E-state index in [0.717, 1.165) is 33.6 Å². The van der Waals surface area contributed by atoms with Gasteiger partial charge in [0.25, 0.3) is 5.91 Å². The molecule has 2 fully saturated rings. The molecule has 6 nitrogen and oxygen atoms in total.